The fraction of sp³-hybridized carbons (Fsp3) is 0.182. The lowest BCUT2D eigenvalue weighted by Crippen LogP contribution is -2.08. The largest absolute Gasteiger partial charge is 0.294 e. The molecule has 0 aromatic heterocycles. The van der Waals surface area contributed by atoms with Crippen LogP contribution in [-0.4, -0.2) is 5.78 Å². The first-order valence-electron chi connectivity index (χ1n) is 4.12. The third-order valence-electron chi connectivity index (χ3n) is 1.83. The van der Waals surface area contributed by atoms with Gasteiger partial charge in [-0.25, -0.2) is 0 Å². The number of rotatable bonds is 3. The molecule has 0 saturated heterocycles. The van der Waals surface area contributed by atoms with Crippen LogP contribution in [0.25, 0.3) is 0 Å². The molecule has 0 N–H and O–H groups in total. The summed E-state index contributed by atoms with van der Waals surface area (Å²) in [5.74, 6) is -0.0580. The van der Waals surface area contributed by atoms with Gasteiger partial charge in [-0.05, 0) is 0 Å². The molecule has 2 heteroatoms. The second-order valence-electron chi connectivity index (χ2n) is 2.84. The Labute approximate surface area is 83.0 Å². The highest BCUT2D eigenvalue weighted by molar-refractivity contribution is 6.25. The summed E-state index contributed by atoms with van der Waals surface area (Å²) >= 11 is 5.40. The van der Waals surface area contributed by atoms with Crippen LogP contribution in [0.2, 0.25) is 0 Å². The number of halogens is 1. The van der Waals surface area contributed by atoms with Gasteiger partial charge >= 0.3 is 0 Å². The van der Waals surface area contributed by atoms with E-state index in [1.807, 2.05) is 25.1 Å². The van der Waals surface area contributed by atoms with Gasteiger partial charge in [0.1, 0.15) is 0 Å². The second-order valence-corrected chi connectivity index (χ2v) is 3.09. The fourth-order valence-corrected chi connectivity index (χ4v) is 1.28. The minimum absolute atomic E-state index is 0.0949. The first-order chi connectivity index (χ1) is 6.25. The quantitative estimate of drug-likeness (QED) is 0.675. The van der Waals surface area contributed by atoms with E-state index in [0.29, 0.717) is 0 Å². The Hall–Kier alpha value is -1.08. The molecular weight excluding hydrogens is 184 g/mol. The number of hydrogen-bond acceptors (Lipinski definition) is 1. The Kier molecular flexibility index (Phi) is 3.71. The summed E-state index contributed by atoms with van der Waals surface area (Å²) in [6.45, 7) is 1.83. The van der Waals surface area contributed by atoms with E-state index in [9.17, 15) is 4.79 Å². The van der Waals surface area contributed by atoms with Gasteiger partial charge < -0.3 is 0 Å². The van der Waals surface area contributed by atoms with Gasteiger partial charge in [0.2, 0.25) is 0 Å². The van der Waals surface area contributed by atoms with E-state index in [4.69, 9.17) is 11.6 Å². The maximum absolute atomic E-state index is 11.6. The van der Waals surface area contributed by atoms with Crippen molar-refractivity contribution in [3.8, 4) is 0 Å². The molecule has 0 heterocycles. The van der Waals surface area contributed by atoms with Crippen LogP contribution < -0.4 is 0 Å². The van der Waals surface area contributed by atoms with Gasteiger partial charge in [-0.15, -0.1) is 0 Å². The molecule has 13 heavy (non-hydrogen) atoms. The highest BCUT2D eigenvalue weighted by Gasteiger charge is 2.10. The normalized spacial score (nSPS) is 13.1. The van der Waals surface area contributed by atoms with Crippen molar-refractivity contribution < 1.29 is 4.79 Å². The minimum Gasteiger partial charge on any atom is -0.294 e. The van der Waals surface area contributed by atoms with Crippen molar-refractivity contribution in [2.24, 2.45) is 5.92 Å². The van der Waals surface area contributed by atoms with Crippen LogP contribution in [0.5, 0.6) is 0 Å². The molecule has 0 radical (unpaired) electrons. The summed E-state index contributed by atoms with van der Waals surface area (Å²) in [7, 11) is 0. The van der Waals surface area contributed by atoms with Crippen molar-refractivity contribution in [3.63, 3.8) is 0 Å². The molecule has 1 unspecified atom stereocenters. The number of carbonyl (C=O) groups excluding carboxylic acids is 1. The van der Waals surface area contributed by atoms with Crippen molar-refractivity contribution in [2.45, 2.75) is 6.92 Å². The standard InChI is InChI=1S/C11H11ClO/c1-9(7-8-12)11(13)10-5-3-2-4-6-10/h2-9H,1H3/b8-7+. The Morgan fingerprint density at radius 2 is 2.00 bits per heavy atom. The zero-order valence-electron chi connectivity index (χ0n) is 7.41. The van der Waals surface area contributed by atoms with Crippen LogP contribution in [0.3, 0.4) is 0 Å². The van der Waals surface area contributed by atoms with Crippen molar-refractivity contribution in [1.29, 1.82) is 0 Å². The molecule has 0 spiro atoms. The molecule has 1 atom stereocenters. The molecule has 0 amide bonds. The average molecular weight is 195 g/mol. The monoisotopic (exact) mass is 194 g/mol. The van der Waals surface area contributed by atoms with Crippen LogP contribution in [0.15, 0.2) is 41.9 Å². The van der Waals surface area contributed by atoms with E-state index in [2.05, 4.69) is 0 Å². The van der Waals surface area contributed by atoms with Crippen molar-refractivity contribution in [3.05, 3.63) is 47.5 Å². The van der Waals surface area contributed by atoms with Crippen molar-refractivity contribution >= 4 is 17.4 Å². The van der Waals surface area contributed by atoms with Crippen LogP contribution in [0.4, 0.5) is 0 Å². The molecule has 1 aromatic carbocycles. The zero-order valence-corrected chi connectivity index (χ0v) is 8.16. The number of allylic oxidation sites excluding steroid dienone is 1. The first kappa shape index (κ1) is 10.0. The van der Waals surface area contributed by atoms with Gasteiger partial charge in [-0.3, -0.25) is 4.79 Å². The third-order valence-corrected chi connectivity index (χ3v) is 1.98. The lowest BCUT2D eigenvalue weighted by molar-refractivity contribution is 0.0953. The Morgan fingerprint density at radius 3 is 2.54 bits per heavy atom. The first-order valence-corrected chi connectivity index (χ1v) is 4.55. The van der Waals surface area contributed by atoms with Crippen LogP contribution >= 0.6 is 11.6 Å². The smallest absolute Gasteiger partial charge is 0.169 e. The molecule has 0 aliphatic carbocycles. The maximum Gasteiger partial charge on any atom is 0.169 e. The van der Waals surface area contributed by atoms with Gasteiger partial charge in [0.05, 0.1) is 0 Å². The van der Waals surface area contributed by atoms with E-state index in [1.165, 1.54) is 5.54 Å². The second kappa shape index (κ2) is 4.83. The highest BCUT2D eigenvalue weighted by Crippen LogP contribution is 2.09. The molecule has 0 aliphatic heterocycles. The van der Waals surface area contributed by atoms with E-state index in [1.54, 1.807) is 18.2 Å². The summed E-state index contributed by atoms with van der Waals surface area (Å²) in [5, 5.41) is 0. The lowest BCUT2D eigenvalue weighted by Gasteiger charge is -2.03. The van der Waals surface area contributed by atoms with Crippen molar-refractivity contribution in [2.75, 3.05) is 0 Å². The van der Waals surface area contributed by atoms with Gasteiger partial charge in [0.15, 0.2) is 5.78 Å². The zero-order chi connectivity index (χ0) is 9.68. The Bertz CT molecular complexity index is 303. The molecule has 1 nitrogen and oxygen atoms in total. The maximum atomic E-state index is 11.6. The average Bonchev–Trinajstić information content (AvgIpc) is 2.18. The van der Waals surface area contributed by atoms with E-state index in [0.717, 1.165) is 5.56 Å². The molecule has 1 aromatic rings. The van der Waals surface area contributed by atoms with Crippen LogP contribution in [-0.2, 0) is 0 Å². The summed E-state index contributed by atoms with van der Waals surface area (Å²) in [4.78, 5) is 11.6. The molecule has 1 rings (SSSR count). The van der Waals surface area contributed by atoms with Crippen molar-refractivity contribution in [1.82, 2.24) is 0 Å². The number of ketones is 1. The molecule has 0 bridgehead atoms. The van der Waals surface area contributed by atoms with E-state index >= 15 is 0 Å². The fourth-order valence-electron chi connectivity index (χ4n) is 1.06. The summed E-state index contributed by atoms with van der Waals surface area (Å²) in [5.41, 5.74) is 2.11. The van der Waals surface area contributed by atoms with Gasteiger partial charge in [-0.2, -0.15) is 0 Å². The van der Waals surface area contributed by atoms with Gasteiger partial charge in [0, 0.05) is 17.0 Å². The molecule has 0 fully saturated rings. The summed E-state index contributed by atoms with van der Waals surface area (Å²) in [6, 6.07) is 9.20. The molecule has 0 saturated carbocycles. The summed E-state index contributed by atoms with van der Waals surface area (Å²) < 4.78 is 0. The topological polar surface area (TPSA) is 17.1 Å². The number of carbonyl (C=O) groups is 1. The predicted molar refractivity (Wildman–Crippen MR) is 54.9 cm³/mol. The minimum atomic E-state index is -0.153. The predicted octanol–water partition coefficient (Wildman–Crippen LogP) is 3.26. The number of hydrogen-bond donors (Lipinski definition) is 0. The number of Topliss-reactive ketones (excluding diaryl/α,β-unsaturated/α-hetero) is 1. The Morgan fingerprint density at radius 1 is 1.38 bits per heavy atom. The van der Waals surface area contributed by atoms with E-state index < -0.39 is 0 Å². The van der Waals surface area contributed by atoms with Crippen LogP contribution in [0.1, 0.15) is 17.3 Å². The third kappa shape index (κ3) is 2.71. The summed E-state index contributed by atoms with van der Waals surface area (Å²) in [6.07, 6.45) is 1.68. The lowest BCUT2D eigenvalue weighted by atomic mass is 10.00. The SMILES string of the molecule is CC(/C=C/Cl)C(=O)c1ccccc1. The molecular formula is C11H11ClO. The molecule has 68 valence electrons. The highest BCUT2D eigenvalue weighted by atomic mass is 35.5. The number of benzene rings is 1. The van der Waals surface area contributed by atoms with E-state index in [-0.39, 0.29) is 11.7 Å². The van der Waals surface area contributed by atoms with Crippen LogP contribution in [0, 0.1) is 5.92 Å². The van der Waals surface area contributed by atoms with Gasteiger partial charge in [-0.1, -0.05) is 54.9 Å². The molecule has 0 aliphatic rings. The Balaban J connectivity index is 2.80. The van der Waals surface area contributed by atoms with Gasteiger partial charge in [0.25, 0.3) is 0 Å².